The molecular weight excluding hydrogens is 1660 g/mol. The first-order valence-electron chi connectivity index (χ1n) is 40.6. The number of phenolic OH excluding ortho intramolecular Hbond substituents is 1. The number of carbonyl (C=O) groups excluding carboxylic acids is 15. The van der Waals surface area contributed by atoms with Crippen molar-refractivity contribution in [2.24, 2.45) is 23.5 Å². The number of para-hydroxylation sites is 3. The maximum Gasteiger partial charge on any atom is 0.305 e. The molecule has 0 radical (unpaired) electrons. The van der Waals surface area contributed by atoms with E-state index in [0.29, 0.717) is 55.0 Å². The van der Waals surface area contributed by atoms with E-state index in [1.807, 2.05) is 10.6 Å². The maximum atomic E-state index is 15.3. The minimum absolute atomic E-state index is 0.116. The molecule has 1 aliphatic heterocycles. The largest absolute Gasteiger partial charge is 0.508 e. The molecule has 676 valence electrons. The topological polar surface area (TPSA) is 650 Å². The van der Waals surface area contributed by atoms with Gasteiger partial charge in [-0.05, 0) is 83.2 Å². The first-order valence-corrected chi connectivity index (χ1v) is 41.8. The highest BCUT2D eigenvalue weighted by molar-refractivity contribution is 8.00. The summed E-state index contributed by atoms with van der Waals surface area (Å²) in [5, 5.41) is 86.8. The number of nitrogens with two attached hydrogens (primary N) is 1. The van der Waals surface area contributed by atoms with E-state index in [1.165, 1.54) is 30.5 Å². The van der Waals surface area contributed by atoms with Crippen LogP contribution in [0, 0.1) is 17.8 Å². The van der Waals surface area contributed by atoms with Crippen LogP contribution < -0.4 is 80.2 Å². The number of aliphatic carboxylic acids is 3. The van der Waals surface area contributed by atoms with Crippen molar-refractivity contribution < 1.29 is 112 Å². The lowest BCUT2D eigenvalue weighted by Crippen LogP contribution is -2.61. The van der Waals surface area contributed by atoms with Gasteiger partial charge in [-0.2, -0.15) is 0 Å². The molecule has 0 spiro atoms. The molecule has 1 aliphatic rings. The molecule has 7 aromatic rings. The molecule has 3 aromatic heterocycles. The van der Waals surface area contributed by atoms with Gasteiger partial charge < -0.3 is 121 Å². The van der Waals surface area contributed by atoms with E-state index in [-0.39, 0.29) is 50.2 Å². The van der Waals surface area contributed by atoms with E-state index >= 15 is 24.0 Å². The second-order valence-corrected chi connectivity index (χ2v) is 32.4. The molecule has 1 saturated heterocycles. The summed E-state index contributed by atoms with van der Waals surface area (Å²) in [6.45, 7) is 6.77. The Morgan fingerprint density at radius 3 is 1.19 bits per heavy atom. The van der Waals surface area contributed by atoms with Gasteiger partial charge in [0.15, 0.2) is 0 Å². The predicted octanol–water partition coefficient (Wildman–Crippen LogP) is -2.06. The van der Waals surface area contributed by atoms with Gasteiger partial charge >= 0.3 is 17.9 Å². The number of carboxylic acid groups (broad SMARTS) is 3. The summed E-state index contributed by atoms with van der Waals surface area (Å²) in [6.07, 6.45) is -0.588. The first-order chi connectivity index (χ1) is 59.9. The number of aromatic amines is 3. The molecule has 0 unspecified atom stereocenters. The number of fused-ring (bicyclic) bond motifs is 3. The second kappa shape index (κ2) is 46.5. The molecule has 13 atom stereocenters. The van der Waals surface area contributed by atoms with Crippen LogP contribution in [-0.4, -0.2) is 251 Å². The number of aromatic hydroxyl groups is 1. The van der Waals surface area contributed by atoms with Crippen LogP contribution in [0.4, 0.5) is 0 Å². The Labute approximate surface area is 725 Å². The normalized spacial score (nSPS) is 22.7. The number of hydrogen-bond acceptors (Lipinski definition) is 21. The minimum atomic E-state index is -2.25. The number of benzene rings is 4. The third-order valence-corrected chi connectivity index (χ3v) is 21.6. The van der Waals surface area contributed by atoms with Crippen molar-refractivity contribution in [2.45, 2.75) is 178 Å². The smallest absolute Gasteiger partial charge is 0.305 e. The van der Waals surface area contributed by atoms with Crippen molar-refractivity contribution in [2.75, 3.05) is 31.2 Å². The number of hydrogen-bond donors (Lipinski definition) is 23. The van der Waals surface area contributed by atoms with Crippen LogP contribution in [0.2, 0.25) is 0 Å². The Balaban J connectivity index is 1.18. The summed E-state index contributed by atoms with van der Waals surface area (Å²) >= 11 is 0.775. The Morgan fingerprint density at radius 1 is 0.429 bits per heavy atom. The van der Waals surface area contributed by atoms with Crippen molar-refractivity contribution in [1.82, 2.24) is 89.4 Å². The quantitative estimate of drug-likeness (QED) is 0.0309. The second-order valence-electron chi connectivity index (χ2n) is 31.4. The first kappa shape index (κ1) is 97.5. The van der Waals surface area contributed by atoms with Crippen LogP contribution >= 0.6 is 11.8 Å². The van der Waals surface area contributed by atoms with Crippen molar-refractivity contribution in [1.29, 1.82) is 0 Å². The van der Waals surface area contributed by atoms with Crippen LogP contribution in [0.3, 0.4) is 0 Å². The highest BCUT2D eigenvalue weighted by Gasteiger charge is 2.40. The van der Waals surface area contributed by atoms with Gasteiger partial charge in [-0.25, -0.2) is 0 Å². The van der Waals surface area contributed by atoms with Crippen molar-refractivity contribution in [3.63, 3.8) is 0 Å². The van der Waals surface area contributed by atoms with Gasteiger partial charge in [0.05, 0.1) is 44.7 Å². The molecule has 4 heterocycles. The van der Waals surface area contributed by atoms with Crippen molar-refractivity contribution >= 4 is 151 Å². The van der Waals surface area contributed by atoms with Gasteiger partial charge in [-0.15, -0.1) is 11.8 Å². The summed E-state index contributed by atoms with van der Waals surface area (Å²) in [7, 11) is 0. The SMILES string of the molecule is CC[C@H](C)[C@@H]1NC(=O)[C@H](Cc2c[nH]c3ccccc23)NC(=O)[C@H](Cc2c[nH]c3ccccc23)NC(=O)[C@H](CC(=O)O)NC(=O)CNC(=O)[C@H](CO)NC(=O)[C@H](CC(=O)O)NC(=O)[C@H](CC(=O)O)NC(=O)[C@H](CC(C)C)NC(=O)[C@H](Cc2ccc(O)cc2)NC(=O)[C@H](CC(C)C)NC(=O)[C@@H](Cc2c[nH]c3ccccc23)NC(=O)CSC[C@@H](C(=O)NCC(N)=O)NC1=O. The number of carboxylic acids is 3. The molecule has 126 heavy (non-hydrogen) atoms. The fourth-order valence-corrected chi connectivity index (χ4v) is 14.8. The maximum absolute atomic E-state index is 15.3. The van der Waals surface area contributed by atoms with E-state index in [0.717, 1.165) is 11.8 Å². The lowest BCUT2D eigenvalue weighted by atomic mass is 9.96. The van der Waals surface area contributed by atoms with Gasteiger partial charge in [0.2, 0.25) is 88.6 Å². The number of amides is 15. The number of carbonyl (C=O) groups is 18. The zero-order chi connectivity index (χ0) is 92.2. The van der Waals surface area contributed by atoms with Gasteiger partial charge in [-0.1, -0.05) is 115 Å². The van der Waals surface area contributed by atoms with Gasteiger partial charge in [0.1, 0.15) is 78.3 Å². The van der Waals surface area contributed by atoms with Crippen molar-refractivity contribution in [3.8, 4) is 5.75 Å². The standard InChI is InChI=1S/C84H106N18O23S/c1-7-43(6)72-84(125)101-65(74(115)89-36-66(85)105)39-126-40-68(107)92-58(27-45-33-86-52-17-11-8-14-49(45)52)78(119)94-55(24-41(2)3)75(116)95-57(26-44-20-22-48(104)23-21-44)77(118)93-56(25-42(4)5)76(117)98-62(31-70(110)111)81(122)99-63(32-71(112)113)82(123)100-64(38-103)73(114)90-37-67(106)91-61(30-69(108)109)80(121)96-59(28-46-34-87-53-18-12-9-15-50(46)53)79(120)97-60(83(124)102-72)29-47-35-88-54-19-13-10-16-51(47)54/h8-23,33-35,41-43,55-65,72,86-88,103-104H,7,24-32,36-40H2,1-6H3,(H2,85,105)(H,89,115)(H,90,114)(H,91,106)(H,92,107)(H,93,118)(H,94,119)(H,95,116)(H,96,121)(H,97,120)(H,98,117)(H,99,122)(H,100,123)(H,101,125)(H,102,124)(H,108,109)(H,110,111)(H,112,113)/t43-,55-,56-,57-,58+,59-,60-,61-,62-,63-,64-,65-,72-/m0/s1. The molecule has 42 heteroatoms. The summed E-state index contributed by atoms with van der Waals surface area (Å²) in [4.78, 5) is 263. The van der Waals surface area contributed by atoms with E-state index in [9.17, 15) is 87.9 Å². The van der Waals surface area contributed by atoms with Gasteiger partial charge in [0, 0.05) is 82.7 Å². The number of rotatable bonds is 24. The monoisotopic (exact) mass is 1770 g/mol. The third kappa shape index (κ3) is 29.1. The summed E-state index contributed by atoms with van der Waals surface area (Å²) in [6, 6.07) is 4.44. The summed E-state index contributed by atoms with van der Waals surface area (Å²) in [5.74, 6) is -25.1. The van der Waals surface area contributed by atoms with Crippen LogP contribution in [0.1, 0.15) is 102 Å². The molecular formula is C84H106N18O23S. The number of primary amides is 1. The molecule has 4 aromatic carbocycles. The zero-order valence-electron chi connectivity index (χ0n) is 69.8. The Bertz CT molecular complexity index is 5150. The van der Waals surface area contributed by atoms with Crippen LogP contribution in [0.25, 0.3) is 32.7 Å². The molecule has 0 aliphatic carbocycles. The molecule has 1 fully saturated rings. The molecule has 8 rings (SSSR count). The highest BCUT2D eigenvalue weighted by atomic mass is 32.2. The average molecular weight is 1770 g/mol. The Kier molecular flexibility index (Phi) is 36.0. The number of thioether (sulfide) groups is 1. The third-order valence-electron chi connectivity index (χ3n) is 20.6. The van der Waals surface area contributed by atoms with E-state index in [2.05, 4.69) is 78.8 Å². The van der Waals surface area contributed by atoms with E-state index in [1.54, 1.807) is 127 Å². The molecule has 0 bridgehead atoms. The van der Waals surface area contributed by atoms with Crippen LogP contribution in [-0.2, 0) is 112 Å². The molecule has 24 N–H and O–H groups in total. The van der Waals surface area contributed by atoms with Crippen molar-refractivity contribution in [3.05, 3.63) is 138 Å². The zero-order valence-corrected chi connectivity index (χ0v) is 70.6. The number of nitrogens with one attached hydrogen (secondary N) is 17. The number of aliphatic hydroxyl groups excluding tert-OH is 1. The molecule has 15 amide bonds. The summed E-state index contributed by atoms with van der Waals surface area (Å²) < 4.78 is 0. The Hall–Kier alpha value is -13.9. The highest BCUT2D eigenvalue weighted by Crippen LogP contribution is 2.25. The summed E-state index contributed by atoms with van der Waals surface area (Å²) in [5.41, 5.74) is 8.94. The van der Waals surface area contributed by atoms with Gasteiger partial charge in [-0.3, -0.25) is 86.3 Å². The average Bonchev–Trinajstić information content (AvgIpc) is 1.66. The number of phenols is 1. The van der Waals surface area contributed by atoms with E-state index < -0.39 is 248 Å². The fourth-order valence-electron chi connectivity index (χ4n) is 13.9. The fraction of sp³-hybridized carbons (Fsp3) is 0.429. The minimum Gasteiger partial charge on any atom is -0.508 e. The molecule has 0 saturated carbocycles. The molecule has 41 nitrogen and oxygen atoms in total. The van der Waals surface area contributed by atoms with Crippen LogP contribution in [0.15, 0.2) is 116 Å². The van der Waals surface area contributed by atoms with Crippen LogP contribution in [0.5, 0.6) is 5.75 Å². The number of aromatic nitrogens is 3. The Morgan fingerprint density at radius 2 is 0.786 bits per heavy atom. The van der Waals surface area contributed by atoms with Gasteiger partial charge in [0.25, 0.3) is 0 Å². The lowest BCUT2D eigenvalue weighted by Gasteiger charge is -2.29. The predicted molar refractivity (Wildman–Crippen MR) is 456 cm³/mol. The lowest BCUT2D eigenvalue weighted by molar-refractivity contribution is -0.143. The number of aliphatic hydroxyl groups is 1. The van der Waals surface area contributed by atoms with E-state index in [4.69, 9.17) is 5.73 Å². The number of H-pyrrole nitrogens is 3.